The number of amides is 1. The third-order valence-corrected chi connectivity index (χ3v) is 5.56. The van der Waals surface area contributed by atoms with E-state index in [4.69, 9.17) is 4.99 Å². The largest absolute Gasteiger partial charge is 0.351 e. The Morgan fingerprint density at radius 2 is 1.77 bits per heavy atom. The predicted molar refractivity (Wildman–Crippen MR) is 113 cm³/mol. The summed E-state index contributed by atoms with van der Waals surface area (Å²) in [4.78, 5) is 15.9. The molecule has 1 N–H and O–H groups in total. The van der Waals surface area contributed by atoms with Crippen molar-refractivity contribution in [1.29, 1.82) is 0 Å². The van der Waals surface area contributed by atoms with Gasteiger partial charge in [-0.05, 0) is 26.2 Å². The van der Waals surface area contributed by atoms with Crippen molar-refractivity contribution in [3.63, 3.8) is 0 Å². The summed E-state index contributed by atoms with van der Waals surface area (Å²) in [5, 5.41) is 2.94. The predicted octanol–water partition coefficient (Wildman–Crippen LogP) is 4.85. The maximum absolute atomic E-state index is 11.1. The Kier molecular flexibility index (Phi) is 12.3. The molecule has 150 valence electrons. The van der Waals surface area contributed by atoms with Crippen molar-refractivity contribution in [1.82, 2.24) is 5.32 Å². The lowest BCUT2D eigenvalue weighted by Gasteiger charge is -2.33. The zero-order valence-electron chi connectivity index (χ0n) is 17.6. The van der Waals surface area contributed by atoms with E-state index in [1.807, 2.05) is 0 Å². The maximum atomic E-state index is 11.1. The van der Waals surface area contributed by atoms with Gasteiger partial charge in [0.2, 0.25) is 5.91 Å². The van der Waals surface area contributed by atoms with Crippen molar-refractivity contribution < 1.29 is 9.28 Å². The summed E-state index contributed by atoms with van der Waals surface area (Å²) >= 11 is 0. The van der Waals surface area contributed by atoms with Crippen LogP contribution in [0.4, 0.5) is 0 Å². The first kappa shape index (κ1) is 22.9. The summed E-state index contributed by atoms with van der Waals surface area (Å²) in [7, 11) is 0. The lowest BCUT2D eigenvalue weighted by Crippen LogP contribution is -2.54. The van der Waals surface area contributed by atoms with Crippen molar-refractivity contribution in [3.05, 3.63) is 12.2 Å². The molecule has 0 aromatic carbocycles. The SMILES string of the molecule is CCCCCCCCC/C=C/CCC1=NCC[N+]1(CC)CCNC(C)=O. The number of hydrogen-bond donors (Lipinski definition) is 1. The second kappa shape index (κ2) is 14.0. The number of nitrogens with one attached hydrogen (secondary N) is 1. The molecule has 1 amide bonds. The third-order valence-electron chi connectivity index (χ3n) is 5.56. The summed E-state index contributed by atoms with van der Waals surface area (Å²) in [6, 6.07) is 0. The van der Waals surface area contributed by atoms with Crippen LogP contribution in [0.3, 0.4) is 0 Å². The van der Waals surface area contributed by atoms with Gasteiger partial charge >= 0.3 is 0 Å². The van der Waals surface area contributed by atoms with Crippen molar-refractivity contribution in [3.8, 4) is 0 Å². The molecule has 1 unspecified atom stereocenters. The van der Waals surface area contributed by atoms with Gasteiger partial charge in [-0.3, -0.25) is 9.28 Å². The van der Waals surface area contributed by atoms with Crippen molar-refractivity contribution in [2.45, 2.75) is 85.0 Å². The number of likely N-dealkylation sites (N-methyl/N-ethyl adjacent to an activating group) is 1. The van der Waals surface area contributed by atoms with Crippen LogP contribution >= 0.6 is 0 Å². The topological polar surface area (TPSA) is 41.5 Å². The molecule has 0 saturated carbocycles. The second-order valence-electron chi connectivity index (χ2n) is 7.61. The fourth-order valence-electron chi connectivity index (χ4n) is 3.82. The highest BCUT2D eigenvalue weighted by Gasteiger charge is 2.35. The average Bonchev–Trinajstić information content (AvgIpc) is 3.02. The van der Waals surface area contributed by atoms with E-state index in [0.717, 1.165) is 50.0 Å². The first-order valence-corrected chi connectivity index (χ1v) is 10.9. The van der Waals surface area contributed by atoms with Gasteiger partial charge in [0, 0.05) is 13.3 Å². The molecule has 0 aromatic rings. The van der Waals surface area contributed by atoms with Crippen LogP contribution in [0.1, 0.15) is 85.0 Å². The third kappa shape index (κ3) is 8.98. The van der Waals surface area contributed by atoms with Gasteiger partial charge in [-0.15, -0.1) is 0 Å². The summed E-state index contributed by atoms with van der Waals surface area (Å²) in [6.45, 7) is 10.9. The summed E-state index contributed by atoms with van der Waals surface area (Å²) in [5.41, 5.74) is 0. The maximum Gasteiger partial charge on any atom is 0.217 e. The molecule has 0 fully saturated rings. The molecular formula is C22H42N3O+. The molecule has 0 radical (unpaired) electrons. The van der Waals surface area contributed by atoms with E-state index in [1.165, 1.54) is 57.2 Å². The van der Waals surface area contributed by atoms with Crippen LogP contribution in [0.15, 0.2) is 17.1 Å². The molecule has 0 bridgehead atoms. The molecule has 0 spiro atoms. The van der Waals surface area contributed by atoms with Crippen LogP contribution in [-0.2, 0) is 4.79 Å². The Morgan fingerprint density at radius 1 is 1.08 bits per heavy atom. The normalized spacial score (nSPS) is 19.9. The van der Waals surface area contributed by atoms with Crippen molar-refractivity contribution in [2.24, 2.45) is 4.99 Å². The molecule has 0 saturated heterocycles. The zero-order valence-corrected chi connectivity index (χ0v) is 17.6. The lowest BCUT2D eigenvalue weighted by atomic mass is 10.1. The Labute approximate surface area is 161 Å². The highest BCUT2D eigenvalue weighted by molar-refractivity contribution is 5.77. The number of rotatable bonds is 15. The standard InChI is InChI=1S/C22H41N3O/c1-4-6-7-8-9-10-11-12-13-14-15-16-22-24-18-20-25(22,5-2)19-17-23-21(3)26/h13-14H,4-12,15-20H2,1-3H3/p+1/b14-13+. The van der Waals surface area contributed by atoms with E-state index < -0.39 is 0 Å². The number of carbonyl (C=O) groups excluding carboxylic acids is 1. The van der Waals surface area contributed by atoms with Crippen LogP contribution in [-0.4, -0.2) is 48.9 Å². The Hall–Kier alpha value is -1.16. The molecule has 1 atom stereocenters. The Bertz CT molecular complexity index is 445. The molecule has 0 aromatic heterocycles. The van der Waals surface area contributed by atoms with E-state index in [1.54, 1.807) is 6.92 Å². The number of amidine groups is 1. The first-order chi connectivity index (χ1) is 12.6. The molecule has 1 aliphatic rings. The van der Waals surface area contributed by atoms with Gasteiger partial charge in [-0.25, -0.2) is 4.99 Å². The van der Waals surface area contributed by atoms with Crippen molar-refractivity contribution >= 4 is 11.7 Å². The molecule has 4 heteroatoms. The first-order valence-electron chi connectivity index (χ1n) is 10.9. The molecule has 1 aliphatic heterocycles. The van der Waals surface area contributed by atoms with Gasteiger partial charge in [0.05, 0.1) is 19.6 Å². The van der Waals surface area contributed by atoms with E-state index in [-0.39, 0.29) is 5.91 Å². The van der Waals surface area contributed by atoms with Gasteiger partial charge in [0.1, 0.15) is 13.1 Å². The van der Waals surface area contributed by atoms with E-state index in [0.29, 0.717) is 0 Å². The van der Waals surface area contributed by atoms with Crippen molar-refractivity contribution in [2.75, 3.05) is 32.7 Å². The minimum Gasteiger partial charge on any atom is -0.351 e. The number of nitrogens with zero attached hydrogens (tertiary/aromatic N) is 2. The van der Waals surface area contributed by atoms with E-state index in [9.17, 15) is 4.79 Å². The fourth-order valence-corrected chi connectivity index (χ4v) is 3.82. The Morgan fingerprint density at radius 3 is 2.46 bits per heavy atom. The van der Waals surface area contributed by atoms with Gasteiger partial charge in [0.15, 0.2) is 5.84 Å². The zero-order chi connectivity index (χ0) is 19.1. The van der Waals surface area contributed by atoms with E-state index >= 15 is 0 Å². The lowest BCUT2D eigenvalue weighted by molar-refractivity contribution is -0.833. The highest BCUT2D eigenvalue weighted by Crippen LogP contribution is 2.18. The van der Waals surface area contributed by atoms with Gasteiger partial charge in [-0.2, -0.15) is 0 Å². The van der Waals surface area contributed by atoms with Gasteiger partial charge < -0.3 is 5.32 Å². The minimum absolute atomic E-state index is 0.0604. The van der Waals surface area contributed by atoms with E-state index in [2.05, 4.69) is 31.3 Å². The van der Waals surface area contributed by atoms with Crippen LogP contribution in [0.5, 0.6) is 0 Å². The van der Waals surface area contributed by atoms with Crippen LogP contribution in [0.2, 0.25) is 0 Å². The molecule has 26 heavy (non-hydrogen) atoms. The minimum atomic E-state index is 0.0604. The number of hydrogen-bond acceptors (Lipinski definition) is 2. The highest BCUT2D eigenvalue weighted by atomic mass is 16.1. The van der Waals surface area contributed by atoms with Gasteiger partial charge in [0.25, 0.3) is 0 Å². The molecule has 4 nitrogen and oxygen atoms in total. The van der Waals surface area contributed by atoms with Crippen LogP contribution in [0, 0.1) is 0 Å². The number of quaternary nitrogens is 1. The van der Waals surface area contributed by atoms with Gasteiger partial charge in [-0.1, -0.05) is 57.6 Å². The molecular weight excluding hydrogens is 322 g/mol. The fraction of sp³-hybridized carbons (Fsp3) is 0.818. The number of carbonyl (C=O) groups is 1. The summed E-state index contributed by atoms with van der Waals surface area (Å²) in [5.74, 6) is 1.39. The second-order valence-corrected chi connectivity index (χ2v) is 7.61. The Balaban J connectivity index is 2.18. The number of unbranched alkanes of at least 4 members (excludes halogenated alkanes) is 7. The molecule has 0 aliphatic carbocycles. The summed E-state index contributed by atoms with van der Waals surface area (Å²) < 4.78 is 0.964. The number of allylic oxidation sites excluding steroid dienone is 2. The smallest absolute Gasteiger partial charge is 0.217 e. The number of aliphatic imine (C=N–C) groups is 1. The molecule has 1 rings (SSSR count). The van der Waals surface area contributed by atoms with Crippen LogP contribution < -0.4 is 5.32 Å². The monoisotopic (exact) mass is 364 g/mol. The molecule has 1 heterocycles. The summed E-state index contributed by atoms with van der Waals surface area (Å²) in [6.07, 6.45) is 17.7. The average molecular weight is 365 g/mol. The van der Waals surface area contributed by atoms with Crippen LogP contribution in [0.25, 0.3) is 0 Å². The quantitative estimate of drug-likeness (QED) is 0.252.